The van der Waals surface area contributed by atoms with Crippen LogP contribution in [0, 0.1) is 20.8 Å². The van der Waals surface area contributed by atoms with Crippen molar-refractivity contribution in [2.75, 3.05) is 13.1 Å². The Morgan fingerprint density at radius 2 is 1.93 bits per heavy atom. The molecule has 0 N–H and O–H groups in total. The highest BCUT2D eigenvalue weighted by atomic mass is 16.5. The van der Waals surface area contributed by atoms with Gasteiger partial charge in [-0.1, -0.05) is 5.16 Å². The summed E-state index contributed by atoms with van der Waals surface area (Å²) in [4.78, 5) is 16.3. The van der Waals surface area contributed by atoms with Crippen LogP contribution in [0.4, 0.5) is 0 Å². The second-order valence-electron chi connectivity index (χ2n) is 7.51. The summed E-state index contributed by atoms with van der Waals surface area (Å²) in [5.74, 6) is 2.08. The zero-order valence-corrected chi connectivity index (χ0v) is 16.4. The van der Waals surface area contributed by atoms with Gasteiger partial charge in [0.2, 0.25) is 0 Å². The summed E-state index contributed by atoms with van der Waals surface area (Å²) in [6.07, 6.45) is 6.16. The van der Waals surface area contributed by atoms with Crippen LogP contribution in [0.15, 0.2) is 23.1 Å². The number of rotatable bonds is 4. The number of imidazole rings is 1. The molecule has 0 aromatic carbocycles. The number of nitrogens with zero attached hydrogens (tertiary/aromatic N) is 6. The van der Waals surface area contributed by atoms with Crippen LogP contribution in [-0.2, 0) is 13.6 Å². The quantitative estimate of drug-likeness (QED) is 0.706. The van der Waals surface area contributed by atoms with Crippen molar-refractivity contribution in [2.45, 2.75) is 46.1 Å². The summed E-state index contributed by atoms with van der Waals surface area (Å²) in [7, 11) is 2.01. The normalized spacial score (nSPS) is 16.1. The van der Waals surface area contributed by atoms with E-state index in [2.05, 4.69) is 32.3 Å². The fourth-order valence-electron chi connectivity index (χ4n) is 3.94. The van der Waals surface area contributed by atoms with E-state index in [0.29, 0.717) is 5.92 Å². The average Bonchev–Trinajstić information content (AvgIpc) is 3.20. The van der Waals surface area contributed by atoms with Crippen molar-refractivity contribution >= 4 is 0 Å². The van der Waals surface area contributed by atoms with Crippen molar-refractivity contribution in [3.63, 3.8) is 0 Å². The number of piperidine rings is 1. The average molecular weight is 366 g/mol. The lowest BCUT2D eigenvalue weighted by Gasteiger charge is -2.31. The molecule has 4 rings (SSSR count). The third kappa shape index (κ3) is 3.78. The number of aryl methyl sites for hydroxylation is 4. The smallest absolute Gasteiger partial charge is 0.143 e. The summed E-state index contributed by atoms with van der Waals surface area (Å²) in [5.41, 5.74) is 5.06. The molecule has 0 radical (unpaired) electrons. The summed E-state index contributed by atoms with van der Waals surface area (Å²) in [6.45, 7) is 8.89. The van der Waals surface area contributed by atoms with E-state index < -0.39 is 0 Å². The third-order valence-electron chi connectivity index (χ3n) is 5.30. The summed E-state index contributed by atoms with van der Waals surface area (Å²) in [5, 5.41) is 4.07. The van der Waals surface area contributed by atoms with Gasteiger partial charge in [0.15, 0.2) is 0 Å². The van der Waals surface area contributed by atoms with E-state index in [0.717, 1.165) is 72.4 Å². The first-order chi connectivity index (χ1) is 13.0. The van der Waals surface area contributed by atoms with Gasteiger partial charge in [-0.2, -0.15) is 0 Å². The molecule has 0 amide bonds. The standard InChI is InChI=1S/C20H26N6O/c1-13-20(14(2)27-24-13)19-9-18(22-15(3)23-19)16-5-7-26(8-6-16)11-17-10-25(4)12-21-17/h9-10,12,16H,5-8,11H2,1-4H3. The van der Waals surface area contributed by atoms with Gasteiger partial charge in [-0.25, -0.2) is 15.0 Å². The third-order valence-corrected chi connectivity index (χ3v) is 5.30. The maximum absolute atomic E-state index is 5.32. The first-order valence-electron chi connectivity index (χ1n) is 9.47. The van der Waals surface area contributed by atoms with Gasteiger partial charge in [0.1, 0.15) is 11.6 Å². The molecular weight excluding hydrogens is 340 g/mol. The SMILES string of the molecule is Cc1nc(-c2c(C)noc2C)cc(C2CCN(Cc3cn(C)cn3)CC2)n1. The lowest BCUT2D eigenvalue weighted by Crippen LogP contribution is -2.32. The topological polar surface area (TPSA) is 72.9 Å². The Morgan fingerprint density at radius 1 is 1.15 bits per heavy atom. The molecule has 0 atom stereocenters. The predicted molar refractivity (Wildman–Crippen MR) is 102 cm³/mol. The van der Waals surface area contributed by atoms with Crippen LogP contribution in [0.2, 0.25) is 0 Å². The first-order valence-corrected chi connectivity index (χ1v) is 9.47. The van der Waals surface area contributed by atoms with E-state index in [4.69, 9.17) is 9.51 Å². The minimum Gasteiger partial charge on any atom is -0.361 e. The molecule has 0 aliphatic carbocycles. The number of hydrogen-bond acceptors (Lipinski definition) is 6. The van der Waals surface area contributed by atoms with E-state index in [1.54, 1.807) is 0 Å². The molecule has 3 aromatic rings. The molecule has 0 spiro atoms. The van der Waals surface area contributed by atoms with Crippen LogP contribution < -0.4 is 0 Å². The minimum atomic E-state index is 0.464. The number of hydrogen-bond donors (Lipinski definition) is 0. The highest BCUT2D eigenvalue weighted by Gasteiger charge is 2.24. The predicted octanol–water partition coefficient (Wildman–Crippen LogP) is 3.17. The van der Waals surface area contributed by atoms with Crippen molar-refractivity contribution in [2.24, 2.45) is 7.05 Å². The van der Waals surface area contributed by atoms with Crippen molar-refractivity contribution in [1.82, 2.24) is 29.6 Å². The molecule has 142 valence electrons. The fourth-order valence-corrected chi connectivity index (χ4v) is 3.94. The van der Waals surface area contributed by atoms with Crippen LogP contribution in [0.1, 0.15) is 47.4 Å². The monoisotopic (exact) mass is 366 g/mol. The largest absolute Gasteiger partial charge is 0.361 e. The first kappa shape index (κ1) is 17.9. The van der Waals surface area contributed by atoms with E-state index in [9.17, 15) is 0 Å². The zero-order chi connectivity index (χ0) is 19.0. The molecule has 7 nitrogen and oxygen atoms in total. The maximum atomic E-state index is 5.32. The Bertz CT molecular complexity index is 916. The molecule has 0 bridgehead atoms. The molecule has 4 heterocycles. The summed E-state index contributed by atoms with van der Waals surface area (Å²) >= 11 is 0. The van der Waals surface area contributed by atoms with E-state index in [1.165, 1.54) is 0 Å². The maximum Gasteiger partial charge on any atom is 0.143 e. The zero-order valence-electron chi connectivity index (χ0n) is 16.4. The van der Waals surface area contributed by atoms with Gasteiger partial charge in [0, 0.05) is 31.4 Å². The molecule has 7 heteroatoms. The summed E-state index contributed by atoms with van der Waals surface area (Å²) < 4.78 is 7.32. The van der Waals surface area contributed by atoms with Gasteiger partial charge in [-0.05, 0) is 52.8 Å². The highest BCUT2D eigenvalue weighted by Crippen LogP contribution is 2.31. The van der Waals surface area contributed by atoms with Crippen LogP contribution >= 0.6 is 0 Å². The molecule has 1 fully saturated rings. The Hall–Kier alpha value is -2.54. The molecule has 0 unspecified atom stereocenters. The Morgan fingerprint density at radius 3 is 2.56 bits per heavy atom. The van der Waals surface area contributed by atoms with Gasteiger partial charge in [0.05, 0.1) is 29.0 Å². The fraction of sp³-hybridized carbons (Fsp3) is 0.500. The van der Waals surface area contributed by atoms with Crippen LogP contribution in [0.25, 0.3) is 11.3 Å². The molecule has 1 aliphatic heterocycles. The van der Waals surface area contributed by atoms with Crippen LogP contribution in [0.5, 0.6) is 0 Å². The Labute approximate surface area is 159 Å². The lowest BCUT2D eigenvalue weighted by atomic mass is 9.92. The van der Waals surface area contributed by atoms with E-state index in [-0.39, 0.29) is 0 Å². The van der Waals surface area contributed by atoms with Gasteiger partial charge in [0.25, 0.3) is 0 Å². The van der Waals surface area contributed by atoms with Crippen molar-refractivity contribution in [3.8, 4) is 11.3 Å². The highest BCUT2D eigenvalue weighted by molar-refractivity contribution is 5.64. The second-order valence-corrected chi connectivity index (χ2v) is 7.51. The van der Waals surface area contributed by atoms with Crippen molar-refractivity contribution in [3.05, 3.63) is 47.3 Å². The van der Waals surface area contributed by atoms with Crippen LogP contribution in [-0.4, -0.2) is 42.7 Å². The van der Waals surface area contributed by atoms with Crippen LogP contribution in [0.3, 0.4) is 0 Å². The number of aromatic nitrogens is 5. The molecule has 27 heavy (non-hydrogen) atoms. The molecule has 1 saturated heterocycles. The molecule has 0 saturated carbocycles. The van der Waals surface area contributed by atoms with E-state index in [1.807, 2.05) is 38.7 Å². The minimum absolute atomic E-state index is 0.464. The van der Waals surface area contributed by atoms with Gasteiger partial charge >= 0.3 is 0 Å². The number of likely N-dealkylation sites (tertiary alicyclic amines) is 1. The Kier molecular flexibility index (Phi) is 4.78. The van der Waals surface area contributed by atoms with E-state index >= 15 is 0 Å². The summed E-state index contributed by atoms with van der Waals surface area (Å²) in [6, 6.07) is 2.12. The molecule has 3 aromatic heterocycles. The molecule has 1 aliphatic rings. The second kappa shape index (κ2) is 7.23. The molecular formula is C20H26N6O. The Balaban J connectivity index is 1.48. The van der Waals surface area contributed by atoms with Gasteiger partial charge in [-0.3, -0.25) is 4.90 Å². The lowest BCUT2D eigenvalue weighted by molar-refractivity contribution is 0.201. The van der Waals surface area contributed by atoms with Crippen molar-refractivity contribution in [1.29, 1.82) is 0 Å². The van der Waals surface area contributed by atoms with Gasteiger partial charge in [-0.15, -0.1) is 0 Å². The van der Waals surface area contributed by atoms with Gasteiger partial charge < -0.3 is 9.09 Å². The van der Waals surface area contributed by atoms with Crippen molar-refractivity contribution < 1.29 is 4.52 Å².